The summed E-state index contributed by atoms with van der Waals surface area (Å²) in [6.07, 6.45) is 4.62. The number of nitrogens with one attached hydrogen (secondary N) is 2. The van der Waals surface area contributed by atoms with E-state index < -0.39 is 0 Å². The Balaban J connectivity index is 0.00000288. The van der Waals surface area contributed by atoms with Gasteiger partial charge in [0, 0.05) is 23.4 Å². The summed E-state index contributed by atoms with van der Waals surface area (Å²) < 4.78 is 5.53. The van der Waals surface area contributed by atoms with Gasteiger partial charge in [0.1, 0.15) is 5.76 Å². The first-order valence-corrected chi connectivity index (χ1v) is 9.60. The summed E-state index contributed by atoms with van der Waals surface area (Å²) in [7, 11) is 0. The van der Waals surface area contributed by atoms with Gasteiger partial charge >= 0.3 is 0 Å². The Hall–Kier alpha value is -0.440. The lowest BCUT2D eigenvalue weighted by Crippen LogP contribution is -2.39. The van der Waals surface area contributed by atoms with Crippen molar-refractivity contribution >= 4 is 41.7 Å². The molecule has 7 heteroatoms. The zero-order chi connectivity index (χ0) is 16.7. The molecule has 24 heavy (non-hydrogen) atoms. The summed E-state index contributed by atoms with van der Waals surface area (Å²) in [5.74, 6) is 3.14. The molecule has 1 atom stereocenters. The van der Waals surface area contributed by atoms with E-state index >= 15 is 0 Å². The predicted molar refractivity (Wildman–Crippen MR) is 114 cm³/mol. The molecule has 2 heterocycles. The fourth-order valence-electron chi connectivity index (χ4n) is 2.88. The molecule has 0 aliphatic carbocycles. The number of aromatic nitrogens is 1. The fraction of sp³-hybridized carbons (Fsp3) is 0.765. The Morgan fingerprint density at radius 2 is 2.17 bits per heavy atom. The molecule has 0 radical (unpaired) electrons. The molecule has 1 aromatic rings. The van der Waals surface area contributed by atoms with E-state index in [0.717, 1.165) is 49.9 Å². The second kappa shape index (κ2) is 10.5. The van der Waals surface area contributed by atoms with Crippen LogP contribution in [-0.4, -0.2) is 41.3 Å². The number of thioether (sulfide) groups is 1. The first kappa shape index (κ1) is 21.6. The molecule has 1 saturated heterocycles. The lowest BCUT2D eigenvalue weighted by molar-refractivity contribution is 0.392. The van der Waals surface area contributed by atoms with Crippen LogP contribution < -0.4 is 10.6 Å². The number of hydrogen-bond acceptors (Lipinski definition) is 4. The van der Waals surface area contributed by atoms with Crippen LogP contribution in [0.25, 0.3) is 0 Å². The third-order valence-corrected chi connectivity index (χ3v) is 5.82. The van der Waals surface area contributed by atoms with Crippen LogP contribution in [0.5, 0.6) is 0 Å². The number of halogens is 1. The number of aliphatic imine (C=N–C) groups is 1. The Morgan fingerprint density at radius 3 is 2.75 bits per heavy atom. The molecule has 2 rings (SSSR count). The minimum absolute atomic E-state index is 0. The van der Waals surface area contributed by atoms with Crippen LogP contribution in [-0.2, 0) is 6.42 Å². The number of aryl methyl sites for hydroxylation is 2. The predicted octanol–water partition coefficient (Wildman–Crippen LogP) is 3.68. The molecule has 5 nitrogen and oxygen atoms in total. The van der Waals surface area contributed by atoms with E-state index in [0.29, 0.717) is 4.75 Å². The first-order valence-electron chi connectivity index (χ1n) is 8.62. The summed E-state index contributed by atoms with van der Waals surface area (Å²) in [5, 5.41) is 10.8. The molecule has 138 valence electrons. The molecule has 0 saturated carbocycles. The van der Waals surface area contributed by atoms with Gasteiger partial charge in [0.25, 0.3) is 0 Å². The Bertz CT molecular complexity index is 507. The third kappa shape index (κ3) is 6.46. The standard InChI is InChI=1S/C17H30N4OS.HI/c1-5-18-16(20-12-17(4)9-7-11-23-17)19-10-6-8-15-13(2)21-22-14(15)3;/h5-12H2,1-4H3,(H2,18,19,20);1H. The van der Waals surface area contributed by atoms with E-state index in [2.05, 4.69) is 41.4 Å². The van der Waals surface area contributed by atoms with Gasteiger partial charge in [0.2, 0.25) is 0 Å². The maximum absolute atomic E-state index is 5.21. The van der Waals surface area contributed by atoms with Crippen molar-refractivity contribution in [2.45, 2.75) is 58.1 Å². The molecule has 0 spiro atoms. The van der Waals surface area contributed by atoms with Crippen LogP contribution in [0.15, 0.2) is 9.52 Å². The maximum Gasteiger partial charge on any atom is 0.191 e. The molecular formula is C17H31IN4OS. The summed E-state index contributed by atoms with van der Waals surface area (Å²) in [4.78, 5) is 4.78. The van der Waals surface area contributed by atoms with Gasteiger partial charge in [-0.1, -0.05) is 5.16 Å². The monoisotopic (exact) mass is 466 g/mol. The summed E-state index contributed by atoms with van der Waals surface area (Å²) >= 11 is 2.05. The van der Waals surface area contributed by atoms with Gasteiger partial charge in [-0.15, -0.1) is 24.0 Å². The SMILES string of the molecule is CCNC(=NCC1(C)CCCS1)NCCCc1c(C)noc1C.I. The van der Waals surface area contributed by atoms with E-state index in [1.807, 2.05) is 13.8 Å². The highest BCUT2D eigenvalue weighted by Gasteiger charge is 2.29. The summed E-state index contributed by atoms with van der Waals surface area (Å²) in [5.41, 5.74) is 2.25. The van der Waals surface area contributed by atoms with Crippen molar-refractivity contribution in [3.05, 3.63) is 17.0 Å². The highest BCUT2D eigenvalue weighted by molar-refractivity contribution is 14.0. The van der Waals surface area contributed by atoms with Crippen LogP contribution in [0.1, 0.15) is 50.1 Å². The molecule has 0 aromatic carbocycles. The van der Waals surface area contributed by atoms with Crippen molar-refractivity contribution in [2.24, 2.45) is 4.99 Å². The van der Waals surface area contributed by atoms with Gasteiger partial charge in [-0.25, -0.2) is 0 Å². The molecule has 2 N–H and O–H groups in total. The van der Waals surface area contributed by atoms with Gasteiger partial charge in [-0.05, 0) is 59.1 Å². The third-order valence-electron chi connectivity index (χ3n) is 4.29. The van der Waals surface area contributed by atoms with Gasteiger partial charge in [0.05, 0.1) is 12.2 Å². The van der Waals surface area contributed by atoms with E-state index in [-0.39, 0.29) is 24.0 Å². The molecule has 0 amide bonds. The molecule has 0 bridgehead atoms. The van der Waals surface area contributed by atoms with Crippen molar-refractivity contribution in [3.63, 3.8) is 0 Å². The first-order chi connectivity index (χ1) is 11.0. The average Bonchev–Trinajstić information content (AvgIpc) is 3.09. The second-order valence-corrected chi connectivity index (χ2v) is 8.11. The summed E-state index contributed by atoms with van der Waals surface area (Å²) in [6, 6.07) is 0. The van der Waals surface area contributed by atoms with Gasteiger partial charge < -0.3 is 15.2 Å². The second-order valence-electron chi connectivity index (χ2n) is 6.43. The molecule has 1 aliphatic rings. The highest BCUT2D eigenvalue weighted by Crippen LogP contribution is 2.37. The number of hydrogen-bond donors (Lipinski definition) is 2. The van der Waals surface area contributed by atoms with Crippen molar-refractivity contribution < 1.29 is 4.52 Å². The van der Waals surface area contributed by atoms with Crippen molar-refractivity contribution in [1.29, 1.82) is 0 Å². The average molecular weight is 466 g/mol. The van der Waals surface area contributed by atoms with Crippen molar-refractivity contribution in [3.8, 4) is 0 Å². The van der Waals surface area contributed by atoms with Crippen molar-refractivity contribution in [1.82, 2.24) is 15.8 Å². The molecule has 1 aliphatic heterocycles. The summed E-state index contributed by atoms with van der Waals surface area (Å²) in [6.45, 7) is 11.1. The van der Waals surface area contributed by atoms with Gasteiger partial charge in [-0.3, -0.25) is 4.99 Å². The maximum atomic E-state index is 5.21. The Kier molecular flexibility index (Phi) is 9.48. The van der Waals surface area contributed by atoms with Crippen molar-refractivity contribution in [2.75, 3.05) is 25.4 Å². The van der Waals surface area contributed by atoms with Crippen LogP contribution in [0.2, 0.25) is 0 Å². The minimum atomic E-state index is 0. The zero-order valence-corrected chi connectivity index (χ0v) is 18.4. The van der Waals surface area contributed by atoms with E-state index in [9.17, 15) is 0 Å². The van der Waals surface area contributed by atoms with Crippen LogP contribution in [0, 0.1) is 13.8 Å². The number of nitrogens with zero attached hydrogens (tertiary/aromatic N) is 2. The molecule has 1 aromatic heterocycles. The number of guanidine groups is 1. The smallest absolute Gasteiger partial charge is 0.191 e. The highest BCUT2D eigenvalue weighted by atomic mass is 127. The molecular weight excluding hydrogens is 435 g/mol. The topological polar surface area (TPSA) is 62.5 Å². The largest absolute Gasteiger partial charge is 0.361 e. The van der Waals surface area contributed by atoms with Gasteiger partial charge in [-0.2, -0.15) is 11.8 Å². The normalized spacial score (nSPS) is 20.8. The van der Waals surface area contributed by atoms with Crippen LogP contribution >= 0.6 is 35.7 Å². The Morgan fingerprint density at radius 1 is 1.38 bits per heavy atom. The Labute approximate surface area is 167 Å². The van der Waals surface area contributed by atoms with E-state index in [1.54, 1.807) is 0 Å². The van der Waals surface area contributed by atoms with Crippen LogP contribution in [0.3, 0.4) is 0 Å². The number of rotatable bonds is 7. The minimum Gasteiger partial charge on any atom is -0.361 e. The fourth-order valence-corrected chi connectivity index (χ4v) is 4.11. The lowest BCUT2D eigenvalue weighted by Gasteiger charge is -2.21. The zero-order valence-electron chi connectivity index (χ0n) is 15.3. The lowest BCUT2D eigenvalue weighted by atomic mass is 10.1. The van der Waals surface area contributed by atoms with Gasteiger partial charge in [0.15, 0.2) is 5.96 Å². The van der Waals surface area contributed by atoms with E-state index in [1.165, 1.54) is 24.2 Å². The molecule has 1 fully saturated rings. The van der Waals surface area contributed by atoms with Crippen LogP contribution in [0.4, 0.5) is 0 Å². The molecule has 1 unspecified atom stereocenters. The van der Waals surface area contributed by atoms with E-state index in [4.69, 9.17) is 9.52 Å². The quantitative estimate of drug-likeness (QED) is 0.278.